The molecule has 2 aliphatic rings. The van der Waals surface area contributed by atoms with Gasteiger partial charge in [-0.1, -0.05) is 23.7 Å². The molecule has 2 N–H and O–H groups in total. The fourth-order valence-corrected chi connectivity index (χ4v) is 6.25. The van der Waals surface area contributed by atoms with Crippen molar-refractivity contribution < 1.29 is 13.2 Å². The minimum atomic E-state index is -2.85. The van der Waals surface area contributed by atoms with Gasteiger partial charge in [0.15, 0.2) is 9.84 Å². The Hall–Kier alpha value is -3.47. The van der Waals surface area contributed by atoms with Gasteiger partial charge >= 0.3 is 0 Å². The zero-order chi connectivity index (χ0) is 26.1. The summed E-state index contributed by atoms with van der Waals surface area (Å²) in [5.74, 6) is 2.44. The number of hydrogen-bond acceptors (Lipinski definition) is 9. The molecule has 3 heterocycles. The quantitative estimate of drug-likeness (QED) is 0.335. The van der Waals surface area contributed by atoms with Crippen LogP contribution in [0.5, 0.6) is 5.75 Å². The summed E-state index contributed by atoms with van der Waals surface area (Å²) < 4.78 is 29.4. The van der Waals surface area contributed by atoms with Crippen LogP contribution in [-0.2, 0) is 9.84 Å². The molecule has 38 heavy (non-hydrogen) atoms. The molecular formula is C27H27ClN6O3S. The Morgan fingerprint density at radius 1 is 0.947 bits per heavy atom. The Morgan fingerprint density at radius 2 is 1.74 bits per heavy atom. The van der Waals surface area contributed by atoms with Crippen molar-refractivity contribution in [1.29, 1.82) is 0 Å². The lowest BCUT2D eigenvalue weighted by atomic mass is 9.87. The Labute approximate surface area is 226 Å². The monoisotopic (exact) mass is 550 g/mol. The van der Waals surface area contributed by atoms with Crippen molar-refractivity contribution >= 4 is 55.5 Å². The molecule has 1 aliphatic heterocycles. The number of ether oxygens (including phenoxy) is 1. The van der Waals surface area contributed by atoms with Crippen LogP contribution in [0.25, 0.3) is 10.9 Å². The molecule has 196 valence electrons. The second-order valence-corrected chi connectivity index (χ2v) is 12.3. The summed E-state index contributed by atoms with van der Waals surface area (Å²) in [6.45, 7) is 1.26. The van der Waals surface area contributed by atoms with Crippen molar-refractivity contribution in [3.05, 3.63) is 72.0 Å². The number of fused-ring (bicyclic) bond motifs is 1. The Morgan fingerprint density at radius 3 is 2.53 bits per heavy atom. The molecule has 4 aromatic rings. The van der Waals surface area contributed by atoms with Crippen molar-refractivity contribution in [2.75, 3.05) is 35.2 Å². The molecule has 0 bridgehead atoms. The second kappa shape index (κ2) is 10.4. The molecule has 0 unspecified atom stereocenters. The first-order chi connectivity index (χ1) is 18.4. The molecule has 2 fully saturated rings. The van der Waals surface area contributed by atoms with E-state index in [1.165, 1.54) is 0 Å². The third kappa shape index (κ3) is 5.67. The van der Waals surface area contributed by atoms with Crippen LogP contribution >= 0.6 is 11.6 Å². The summed E-state index contributed by atoms with van der Waals surface area (Å²) >= 11 is 6.22. The van der Waals surface area contributed by atoms with Crippen molar-refractivity contribution in [2.24, 2.45) is 0 Å². The van der Waals surface area contributed by atoms with Crippen LogP contribution in [0.1, 0.15) is 12.8 Å². The molecule has 1 saturated heterocycles. The first-order valence-corrected chi connectivity index (χ1v) is 14.7. The van der Waals surface area contributed by atoms with Gasteiger partial charge in [0.1, 0.15) is 17.7 Å². The SMILES string of the molecule is O=S1(=O)CCN(C2CC(Oc3ccc(Nc4nccc(Nc5cnc6c(Cl)cccc6c5)n4)cc3)C2)CC1. The minimum Gasteiger partial charge on any atom is -0.490 e. The number of halogens is 1. The van der Waals surface area contributed by atoms with Crippen molar-refractivity contribution in [3.8, 4) is 5.75 Å². The van der Waals surface area contributed by atoms with Gasteiger partial charge in [-0.05, 0) is 42.5 Å². The van der Waals surface area contributed by atoms with E-state index in [0.29, 0.717) is 35.9 Å². The van der Waals surface area contributed by atoms with E-state index in [4.69, 9.17) is 16.3 Å². The third-order valence-electron chi connectivity index (χ3n) is 6.97. The normalized spacial score (nSPS) is 21.0. The van der Waals surface area contributed by atoms with E-state index in [1.807, 2.05) is 48.5 Å². The fourth-order valence-electron chi connectivity index (χ4n) is 4.79. The standard InChI is InChI=1S/C27H27ClN6O3S/c28-24-3-1-2-18-14-20(17-30-26(18)24)31-25-8-9-29-27(33-25)32-19-4-6-22(7-5-19)37-23-15-21(16-23)34-10-12-38(35,36)13-11-34/h1-9,14,17,21,23H,10-13,15-16H2,(H2,29,31,32,33). The van der Waals surface area contributed by atoms with E-state index in [0.717, 1.165) is 40.9 Å². The minimum absolute atomic E-state index is 0.157. The molecule has 2 aromatic carbocycles. The molecule has 0 atom stereocenters. The van der Waals surface area contributed by atoms with Crippen LogP contribution in [0.3, 0.4) is 0 Å². The lowest BCUT2D eigenvalue weighted by molar-refractivity contribution is 0.0212. The van der Waals surface area contributed by atoms with E-state index >= 15 is 0 Å². The molecule has 1 aliphatic carbocycles. The maximum Gasteiger partial charge on any atom is 0.229 e. The number of rotatable bonds is 7. The zero-order valence-corrected chi connectivity index (χ0v) is 22.1. The highest BCUT2D eigenvalue weighted by Gasteiger charge is 2.37. The number of nitrogens with zero attached hydrogens (tertiary/aromatic N) is 4. The number of benzene rings is 2. The summed E-state index contributed by atoms with van der Waals surface area (Å²) in [6, 6.07) is 17.6. The average Bonchev–Trinajstić information content (AvgIpc) is 2.88. The average molecular weight is 551 g/mol. The number of nitrogens with one attached hydrogen (secondary N) is 2. The second-order valence-electron chi connectivity index (χ2n) is 9.63. The zero-order valence-electron chi connectivity index (χ0n) is 20.5. The molecule has 9 nitrogen and oxygen atoms in total. The number of sulfone groups is 1. The number of pyridine rings is 1. The van der Waals surface area contributed by atoms with Crippen LogP contribution in [-0.4, -0.2) is 65.0 Å². The van der Waals surface area contributed by atoms with Crippen LogP contribution in [0.2, 0.25) is 5.02 Å². The van der Waals surface area contributed by atoms with Gasteiger partial charge < -0.3 is 15.4 Å². The van der Waals surface area contributed by atoms with Gasteiger partial charge in [-0.25, -0.2) is 13.4 Å². The van der Waals surface area contributed by atoms with Gasteiger partial charge in [0.05, 0.1) is 33.9 Å². The van der Waals surface area contributed by atoms with E-state index in [-0.39, 0.29) is 17.6 Å². The highest BCUT2D eigenvalue weighted by molar-refractivity contribution is 7.91. The maximum absolute atomic E-state index is 11.6. The topological polar surface area (TPSA) is 109 Å². The van der Waals surface area contributed by atoms with E-state index in [9.17, 15) is 8.42 Å². The molecule has 0 radical (unpaired) electrons. The van der Waals surface area contributed by atoms with Gasteiger partial charge in [-0.2, -0.15) is 4.98 Å². The van der Waals surface area contributed by atoms with Crippen molar-refractivity contribution in [2.45, 2.75) is 25.0 Å². The van der Waals surface area contributed by atoms with E-state index in [1.54, 1.807) is 18.5 Å². The number of anilines is 4. The van der Waals surface area contributed by atoms with Crippen molar-refractivity contribution in [1.82, 2.24) is 19.9 Å². The first kappa shape index (κ1) is 24.8. The molecule has 6 rings (SSSR count). The highest BCUT2D eigenvalue weighted by Crippen LogP contribution is 2.31. The van der Waals surface area contributed by atoms with Gasteiger partial charge in [-0.3, -0.25) is 9.88 Å². The van der Waals surface area contributed by atoms with Crippen LogP contribution < -0.4 is 15.4 Å². The van der Waals surface area contributed by atoms with Gasteiger partial charge in [0.2, 0.25) is 5.95 Å². The molecule has 1 saturated carbocycles. The molecule has 2 aromatic heterocycles. The first-order valence-electron chi connectivity index (χ1n) is 12.5. The molecule has 11 heteroatoms. The summed E-state index contributed by atoms with van der Waals surface area (Å²) in [6.07, 6.45) is 5.42. The maximum atomic E-state index is 11.6. The van der Waals surface area contributed by atoms with E-state index in [2.05, 4.69) is 30.5 Å². The van der Waals surface area contributed by atoms with Gasteiger partial charge in [0.25, 0.3) is 0 Å². The van der Waals surface area contributed by atoms with Gasteiger partial charge in [0, 0.05) is 49.2 Å². The van der Waals surface area contributed by atoms with E-state index < -0.39 is 9.84 Å². The van der Waals surface area contributed by atoms with Gasteiger partial charge in [-0.15, -0.1) is 0 Å². The fraction of sp³-hybridized carbons (Fsp3) is 0.296. The summed E-state index contributed by atoms with van der Waals surface area (Å²) in [5, 5.41) is 8.05. The molecule has 0 amide bonds. The lowest BCUT2D eigenvalue weighted by Gasteiger charge is -2.44. The predicted molar refractivity (Wildman–Crippen MR) is 149 cm³/mol. The largest absolute Gasteiger partial charge is 0.490 e. The number of para-hydroxylation sites is 1. The lowest BCUT2D eigenvalue weighted by Crippen LogP contribution is -2.53. The Balaban J connectivity index is 1.02. The van der Waals surface area contributed by atoms with Crippen molar-refractivity contribution in [3.63, 3.8) is 0 Å². The van der Waals surface area contributed by atoms with Crippen LogP contribution in [0.15, 0.2) is 67.0 Å². The number of hydrogen-bond donors (Lipinski definition) is 2. The summed E-state index contributed by atoms with van der Waals surface area (Å²) in [7, 11) is -2.85. The molecular weight excluding hydrogens is 524 g/mol. The van der Waals surface area contributed by atoms with Crippen LogP contribution in [0.4, 0.5) is 23.1 Å². The summed E-state index contributed by atoms with van der Waals surface area (Å²) in [5.41, 5.74) is 2.40. The molecule has 0 spiro atoms. The summed E-state index contributed by atoms with van der Waals surface area (Å²) in [4.78, 5) is 15.6. The smallest absolute Gasteiger partial charge is 0.229 e. The highest BCUT2D eigenvalue weighted by atomic mass is 35.5. The van der Waals surface area contributed by atoms with Crippen LogP contribution in [0, 0.1) is 0 Å². The Kier molecular flexibility index (Phi) is 6.77. The predicted octanol–water partition coefficient (Wildman–Crippen LogP) is 4.81. The number of aromatic nitrogens is 3. The Bertz CT molecular complexity index is 1550. The third-order valence-corrected chi connectivity index (χ3v) is 8.88.